The van der Waals surface area contributed by atoms with Crippen LogP contribution in [-0.4, -0.2) is 42.9 Å². The standard InChI is InChI=1S/C19H25N5O/c1-5-7-17-9-6-8-14(3)24(17)19(25)18-11-16(20-21-18)12-23-15(4)10-13(2)22-23/h5-6,8,10-11,14,17H,1,7,9,12H2,2-4H3,(H,20,21)/t14-,17-/m1/s1. The third kappa shape index (κ3) is 3.57. The van der Waals surface area contributed by atoms with Gasteiger partial charge in [0, 0.05) is 17.8 Å². The third-order valence-corrected chi connectivity index (χ3v) is 4.60. The summed E-state index contributed by atoms with van der Waals surface area (Å²) in [6.45, 7) is 10.4. The van der Waals surface area contributed by atoms with E-state index in [-0.39, 0.29) is 18.0 Å². The van der Waals surface area contributed by atoms with Crippen LogP contribution >= 0.6 is 0 Å². The Kier molecular flexibility index (Phi) is 4.88. The summed E-state index contributed by atoms with van der Waals surface area (Å²) in [5, 5.41) is 11.7. The zero-order chi connectivity index (χ0) is 18.0. The molecule has 0 bridgehead atoms. The number of carbonyl (C=O) groups excluding carboxylic acids is 1. The molecule has 3 rings (SSSR count). The molecule has 1 aliphatic heterocycles. The molecule has 0 aliphatic carbocycles. The van der Waals surface area contributed by atoms with E-state index in [4.69, 9.17) is 0 Å². The van der Waals surface area contributed by atoms with Gasteiger partial charge in [-0.3, -0.25) is 14.6 Å². The second kappa shape index (κ2) is 7.09. The van der Waals surface area contributed by atoms with Crippen molar-refractivity contribution in [1.29, 1.82) is 0 Å². The highest BCUT2D eigenvalue weighted by atomic mass is 16.2. The summed E-state index contributed by atoms with van der Waals surface area (Å²) in [5.74, 6) is -0.0421. The van der Waals surface area contributed by atoms with Gasteiger partial charge in [0.25, 0.3) is 5.91 Å². The number of amides is 1. The zero-order valence-corrected chi connectivity index (χ0v) is 15.1. The van der Waals surface area contributed by atoms with E-state index < -0.39 is 0 Å². The molecule has 2 aromatic heterocycles. The molecule has 25 heavy (non-hydrogen) atoms. The van der Waals surface area contributed by atoms with E-state index in [1.165, 1.54) is 0 Å². The Labute approximate surface area is 148 Å². The number of aryl methyl sites for hydroxylation is 2. The molecule has 2 aromatic rings. The lowest BCUT2D eigenvalue weighted by molar-refractivity contribution is 0.0616. The molecule has 2 atom stereocenters. The summed E-state index contributed by atoms with van der Waals surface area (Å²) in [7, 11) is 0. The second-order valence-electron chi connectivity index (χ2n) is 6.66. The van der Waals surface area contributed by atoms with E-state index in [0.29, 0.717) is 12.2 Å². The van der Waals surface area contributed by atoms with Crippen LogP contribution in [0.3, 0.4) is 0 Å². The Morgan fingerprint density at radius 1 is 1.44 bits per heavy atom. The van der Waals surface area contributed by atoms with Gasteiger partial charge >= 0.3 is 0 Å². The lowest BCUT2D eigenvalue weighted by Crippen LogP contribution is -2.47. The summed E-state index contributed by atoms with van der Waals surface area (Å²) in [4.78, 5) is 14.9. The van der Waals surface area contributed by atoms with Gasteiger partial charge in [-0.15, -0.1) is 6.58 Å². The first kappa shape index (κ1) is 17.2. The van der Waals surface area contributed by atoms with Gasteiger partial charge in [-0.05, 0) is 45.7 Å². The van der Waals surface area contributed by atoms with Crippen molar-refractivity contribution in [3.63, 3.8) is 0 Å². The van der Waals surface area contributed by atoms with E-state index in [2.05, 4.69) is 34.0 Å². The van der Waals surface area contributed by atoms with Crippen molar-refractivity contribution >= 4 is 5.91 Å². The normalized spacial score (nSPS) is 20.0. The van der Waals surface area contributed by atoms with Crippen molar-refractivity contribution in [2.24, 2.45) is 0 Å². The number of aromatic nitrogens is 4. The minimum Gasteiger partial charge on any atom is -0.327 e. The summed E-state index contributed by atoms with van der Waals surface area (Å²) in [5.41, 5.74) is 3.39. The van der Waals surface area contributed by atoms with Gasteiger partial charge in [-0.1, -0.05) is 18.2 Å². The van der Waals surface area contributed by atoms with Crippen LogP contribution in [0.1, 0.15) is 47.3 Å². The van der Waals surface area contributed by atoms with Crippen LogP contribution in [0.2, 0.25) is 0 Å². The number of carbonyl (C=O) groups is 1. The summed E-state index contributed by atoms with van der Waals surface area (Å²) in [6.07, 6.45) is 7.71. The predicted molar refractivity (Wildman–Crippen MR) is 97.4 cm³/mol. The van der Waals surface area contributed by atoms with Gasteiger partial charge in [0.05, 0.1) is 17.9 Å². The molecule has 132 valence electrons. The maximum atomic E-state index is 13.0. The molecule has 1 N–H and O–H groups in total. The number of rotatable bonds is 5. The SMILES string of the molecule is C=CC[C@@H]1CC=C[C@@H](C)N1C(=O)c1cc(Cn2nc(C)cc2C)[nH]n1. The predicted octanol–water partition coefficient (Wildman–Crippen LogP) is 3.01. The van der Waals surface area contributed by atoms with Gasteiger partial charge in [0.1, 0.15) is 0 Å². The Balaban J connectivity index is 1.78. The lowest BCUT2D eigenvalue weighted by Gasteiger charge is -2.37. The van der Waals surface area contributed by atoms with Crippen LogP contribution in [0.15, 0.2) is 36.9 Å². The fourth-order valence-corrected chi connectivity index (χ4v) is 3.41. The smallest absolute Gasteiger partial charge is 0.275 e. The number of hydrogen-bond acceptors (Lipinski definition) is 3. The van der Waals surface area contributed by atoms with Gasteiger partial charge in [0.15, 0.2) is 5.69 Å². The molecule has 6 heteroatoms. The number of nitrogens with zero attached hydrogens (tertiary/aromatic N) is 4. The van der Waals surface area contributed by atoms with Crippen LogP contribution in [0.4, 0.5) is 0 Å². The molecule has 0 aromatic carbocycles. The highest BCUT2D eigenvalue weighted by molar-refractivity contribution is 5.93. The Morgan fingerprint density at radius 3 is 2.92 bits per heavy atom. The molecule has 0 radical (unpaired) electrons. The van der Waals surface area contributed by atoms with Gasteiger partial charge in [-0.25, -0.2) is 0 Å². The third-order valence-electron chi connectivity index (χ3n) is 4.60. The van der Waals surface area contributed by atoms with Crippen LogP contribution in [0.25, 0.3) is 0 Å². The highest BCUT2D eigenvalue weighted by Crippen LogP contribution is 2.22. The zero-order valence-electron chi connectivity index (χ0n) is 15.1. The van der Waals surface area contributed by atoms with Crippen molar-refractivity contribution in [2.75, 3.05) is 0 Å². The largest absolute Gasteiger partial charge is 0.327 e. The molecule has 6 nitrogen and oxygen atoms in total. The molecular formula is C19H25N5O. The molecule has 0 saturated heterocycles. The van der Waals surface area contributed by atoms with Crippen LogP contribution in [0, 0.1) is 13.8 Å². The first-order chi connectivity index (χ1) is 12.0. The molecule has 0 saturated carbocycles. The average Bonchev–Trinajstić information content (AvgIpc) is 3.14. The minimum absolute atomic E-state index is 0.0421. The summed E-state index contributed by atoms with van der Waals surface area (Å²) >= 11 is 0. The summed E-state index contributed by atoms with van der Waals surface area (Å²) < 4.78 is 1.91. The van der Waals surface area contributed by atoms with Crippen molar-refractivity contribution in [3.8, 4) is 0 Å². The van der Waals surface area contributed by atoms with E-state index >= 15 is 0 Å². The van der Waals surface area contributed by atoms with Crippen molar-refractivity contribution in [3.05, 3.63) is 59.7 Å². The fourth-order valence-electron chi connectivity index (χ4n) is 3.41. The van der Waals surface area contributed by atoms with Gasteiger partial charge in [0.2, 0.25) is 0 Å². The van der Waals surface area contributed by atoms with E-state index in [9.17, 15) is 4.79 Å². The molecule has 0 unspecified atom stereocenters. The summed E-state index contributed by atoms with van der Waals surface area (Å²) in [6, 6.07) is 4.06. The number of aromatic amines is 1. The molecule has 3 heterocycles. The molecular weight excluding hydrogens is 314 g/mol. The molecule has 1 amide bonds. The number of H-pyrrole nitrogens is 1. The maximum absolute atomic E-state index is 13.0. The Bertz CT molecular complexity index is 801. The second-order valence-corrected chi connectivity index (χ2v) is 6.66. The monoisotopic (exact) mass is 339 g/mol. The van der Waals surface area contributed by atoms with Crippen LogP contribution in [0.5, 0.6) is 0 Å². The quantitative estimate of drug-likeness (QED) is 0.852. The highest BCUT2D eigenvalue weighted by Gasteiger charge is 2.30. The molecule has 1 aliphatic rings. The fraction of sp³-hybridized carbons (Fsp3) is 0.421. The number of nitrogens with one attached hydrogen (secondary N) is 1. The van der Waals surface area contributed by atoms with Crippen molar-refractivity contribution in [1.82, 2.24) is 24.9 Å². The maximum Gasteiger partial charge on any atom is 0.275 e. The van der Waals surface area contributed by atoms with Crippen LogP contribution < -0.4 is 0 Å². The van der Waals surface area contributed by atoms with Gasteiger partial charge in [-0.2, -0.15) is 10.2 Å². The number of hydrogen-bond donors (Lipinski definition) is 1. The molecule has 0 fully saturated rings. The van der Waals surface area contributed by atoms with E-state index in [0.717, 1.165) is 29.9 Å². The first-order valence-corrected chi connectivity index (χ1v) is 8.65. The van der Waals surface area contributed by atoms with Crippen LogP contribution in [-0.2, 0) is 6.54 Å². The Morgan fingerprint density at radius 2 is 2.24 bits per heavy atom. The topological polar surface area (TPSA) is 66.8 Å². The van der Waals surface area contributed by atoms with Crippen molar-refractivity contribution in [2.45, 2.75) is 52.2 Å². The minimum atomic E-state index is -0.0421. The Hall–Kier alpha value is -2.63. The van der Waals surface area contributed by atoms with E-state index in [1.54, 1.807) is 0 Å². The molecule has 0 spiro atoms. The van der Waals surface area contributed by atoms with Gasteiger partial charge < -0.3 is 4.90 Å². The first-order valence-electron chi connectivity index (χ1n) is 8.65. The van der Waals surface area contributed by atoms with E-state index in [1.807, 2.05) is 48.6 Å². The lowest BCUT2D eigenvalue weighted by atomic mass is 10.00. The average molecular weight is 339 g/mol. The van der Waals surface area contributed by atoms with Crippen molar-refractivity contribution < 1.29 is 4.79 Å².